The molecule has 2 aromatic rings. The summed E-state index contributed by atoms with van der Waals surface area (Å²) in [6, 6.07) is 0.654. The second-order valence-corrected chi connectivity index (χ2v) is 6.12. The molecule has 2 rings (SSSR count). The summed E-state index contributed by atoms with van der Waals surface area (Å²) in [7, 11) is 4.39. The SMILES string of the molecule is Cc1nc(NC(=O)c2cc(C(F)(F)F)nn2C)sc1C(=O)N(C)C. The van der Waals surface area contributed by atoms with Gasteiger partial charge >= 0.3 is 6.18 Å². The standard InChI is InChI=1S/C13H14F3N5O2S/c1-6-9(11(23)20(2)3)24-12(17-6)18-10(22)7-5-8(13(14,15)16)19-21(7)4/h5H,1-4H3,(H,17,18,22). The second kappa shape index (κ2) is 6.23. The Kier molecular flexibility index (Phi) is 4.65. The molecule has 0 saturated heterocycles. The van der Waals surface area contributed by atoms with E-state index in [9.17, 15) is 22.8 Å². The van der Waals surface area contributed by atoms with Crippen LogP contribution < -0.4 is 5.32 Å². The normalized spacial score (nSPS) is 11.5. The van der Waals surface area contributed by atoms with Crippen molar-refractivity contribution in [3.8, 4) is 0 Å². The lowest BCUT2D eigenvalue weighted by atomic mass is 10.3. The zero-order valence-electron chi connectivity index (χ0n) is 13.2. The van der Waals surface area contributed by atoms with Crippen molar-refractivity contribution in [1.29, 1.82) is 0 Å². The van der Waals surface area contributed by atoms with Crippen molar-refractivity contribution < 1.29 is 22.8 Å². The molecule has 130 valence electrons. The number of amides is 2. The highest BCUT2D eigenvalue weighted by molar-refractivity contribution is 7.17. The first kappa shape index (κ1) is 17.9. The van der Waals surface area contributed by atoms with Crippen LogP contribution in [0.25, 0.3) is 0 Å². The Labute approximate surface area is 139 Å². The Balaban J connectivity index is 2.23. The topological polar surface area (TPSA) is 80.1 Å². The Hall–Kier alpha value is -2.43. The predicted molar refractivity (Wildman–Crippen MR) is 81.0 cm³/mol. The van der Waals surface area contributed by atoms with Gasteiger partial charge in [0.15, 0.2) is 10.8 Å². The van der Waals surface area contributed by atoms with E-state index in [2.05, 4.69) is 15.4 Å². The minimum absolute atomic E-state index is 0.123. The van der Waals surface area contributed by atoms with E-state index < -0.39 is 17.8 Å². The van der Waals surface area contributed by atoms with Crippen LogP contribution in [0.15, 0.2) is 6.07 Å². The van der Waals surface area contributed by atoms with Gasteiger partial charge in [-0.1, -0.05) is 11.3 Å². The van der Waals surface area contributed by atoms with Crippen LogP contribution in [0.5, 0.6) is 0 Å². The van der Waals surface area contributed by atoms with Gasteiger partial charge in [0.2, 0.25) is 0 Å². The minimum Gasteiger partial charge on any atom is -0.344 e. The van der Waals surface area contributed by atoms with Crippen LogP contribution in [0.3, 0.4) is 0 Å². The maximum Gasteiger partial charge on any atom is 0.435 e. The van der Waals surface area contributed by atoms with Crippen LogP contribution in [0.2, 0.25) is 0 Å². The summed E-state index contributed by atoms with van der Waals surface area (Å²) in [5.41, 5.74) is -1.00. The lowest BCUT2D eigenvalue weighted by Crippen LogP contribution is -2.21. The van der Waals surface area contributed by atoms with E-state index in [-0.39, 0.29) is 16.7 Å². The van der Waals surface area contributed by atoms with Gasteiger partial charge in [0.1, 0.15) is 10.6 Å². The van der Waals surface area contributed by atoms with Crippen LogP contribution in [-0.4, -0.2) is 45.6 Å². The number of carbonyl (C=O) groups excluding carboxylic acids is 2. The maximum absolute atomic E-state index is 12.6. The van der Waals surface area contributed by atoms with Gasteiger partial charge in [-0.2, -0.15) is 18.3 Å². The molecule has 0 unspecified atom stereocenters. The minimum atomic E-state index is -4.64. The van der Waals surface area contributed by atoms with Crippen molar-refractivity contribution in [3.05, 3.63) is 28.0 Å². The summed E-state index contributed by atoms with van der Waals surface area (Å²) in [6.45, 7) is 1.61. The molecule has 1 N–H and O–H groups in total. The van der Waals surface area contributed by atoms with Gasteiger partial charge in [0, 0.05) is 27.2 Å². The number of hydrogen-bond donors (Lipinski definition) is 1. The summed E-state index contributed by atoms with van der Waals surface area (Å²) in [5, 5.41) is 5.78. The maximum atomic E-state index is 12.6. The lowest BCUT2D eigenvalue weighted by molar-refractivity contribution is -0.141. The fourth-order valence-corrected chi connectivity index (χ4v) is 2.81. The molecule has 0 aliphatic rings. The quantitative estimate of drug-likeness (QED) is 0.909. The number of alkyl halides is 3. The number of rotatable bonds is 3. The number of aromatic nitrogens is 3. The van der Waals surface area contributed by atoms with Crippen molar-refractivity contribution in [1.82, 2.24) is 19.7 Å². The lowest BCUT2D eigenvalue weighted by Gasteiger charge is -2.07. The number of thiazole rings is 1. The number of aryl methyl sites for hydroxylation is 2. The fourth-order valence-electron chi connectivity index (χ4n) is 1.83. The second-order valence-electron chi connectivity index (χ2n) is 5.12. The van der Waals surface area contributed by atoms with Crippen molar-refractivity contribution in [2.75, 3.05) is 19.4 Å². The van der Waals surface area contributed by atoms with E-state index >= 15 is 0 Å². The molecule has 0 fully saturated rings. The molecular weight excluding hydrogens is 347 g/mol. The zero-order valence-corrected chi connectivity index (χ0v) is 14.0. The molecular formula is C13H14F3N5O2S. The van der Waals surface area contributed by atoms with E-state index in [4.69, 9.17) is 0 Å². The molecule has 0 atom stereocenters. The summed E-state index contributed by atoms with van der Waals surface area (Å²) in [4.78, 5) is 29.8. The molecule has 24 heavy (non-hydrogen) atoms. The summed E-state index contributed by atoms with van der Waals surface area (Å²) >= 11 is 0.951. The average Bonchev–Trinajstić information content (AvgIpc) is 3.00. The van der Waals surface area contributed by atoms with Crippen molar-refractivity contribution in [3.63, 3.8) is 0 Å². The molecule has 0 spiro atoms. The van der Waals surface area contributed by atoms with Gasteiger partial charge in [-0.05, 0) is 6.92 Å². The fraction of sp³-hybridized carbons (Fsp3) is 0.385. The third-order valence-electron chi connectivity index (χ3n) is 3.02. The molecule has 0 aliphatic heterocycles. The zero-order chi connectivity index (χ0) is 18.2. The first-order valence-electron chi connectivity index (χ1n) is 6.62. The molecule has 2 heterocycles. The van der Waals surface area contributed by atoms with Gasteiger partial charge in [-0.15, -0.1) is 0 Å². The number of halogens is 3. The third kappa shape index (κ3) is 3.55. The number of nitrogens with zero attached hydrogens (tertiary/aromatic N) is 4. The molecule has 7 nitrogen and oxygen atoms in total. The first-order valence-corrected chi connectivity index (χ1v) is 7.44. The third-order valence-corrected chi connectivity index (χ3v) is 4.08. The average molecular weight is 361 g/mol. The molecule has 0 bridgehead atoms. The van der Waals surface area contributed by atoms with Gasteiger partial charge < -0.3 is 4.90 Å². The van der Waals surface area contributed by atoms with Crippen LogP contribution >= 0.6 is 11.3 Å². The van der Waals surface area contributed by atoms with Crippen molar-refractivity contribution >= 4 is 28.3 Å². The Morgan fingerprint density at radius 3 is 2.46 bits per heavy atom. The number of anilines is 1. The highest BCUT2D eigenvalue weighted by Gasteiger charge is 2.35. The number of nitrogens with one attached hydrogen (secondary N) is 1. The van der Waals surface area contributed by atoms with Crippen molar-refractivity contribution in [2.24, 2.45) is 7.05 Å². The predicted octanol–water partition coefficient (Wildman–Crippen LogP) is 2.16. The smallest absolute Gasteiger partial charge is 0.344 e. The van der Waals surface area contributed by atoms with E-state index in [1.807, 2.05) is 0 Å². The molecule has 2 amide bonds. The van der Waals surface area contributed by atoms with Gasteiger partial charge in [0.25, 0.3) is 11.8 Å². The monoisotopic (exact) mass is 361 g/mol. The highest BCUT2D eigenvalue weighted by Crippen LogP contribution is 2.29. The first-order chi connectivity index (χ1) is 11.0. The summed E-state index contributed by atoms with van der Waals surface area (Å²) < 4.78 is 38.7. The van der Waals surface area contributed by atoms with Gasteiger partial charge in [0.05, 0.1) is 5.69 Å². The molecule has 11 heteroatoms. The van der Waals surface area contributed by atoms with E-state index in [1.54, 1.807) is 21.0 Å². The molecule has 0 radical (unpaired) electrons. The van der Waals surface area contributed by atoms with Crippen LogP contribution in [0, 0.1) is 6.92 Å². The van der Waals surface area contributed by atoms with Gasteiger partial charge in [-0.3, -0.25) is 19.6 Å². The van der Waals surface area contributed by atoms with E-state index in [1.165, 1.54) is 11.9 Å². The molecule has 0 aromatic carbocycles. The molecule has 2 aromatic heterocycles. The van der Waals surface area contributed by atoms with Gasteiger partial charge in [-0.25, -0.2) is 4.98 Å². The largest absolute Gasteiger partial charge is 0.435 e. The number of carbonyl (C=O) groups is 2. The molecule has 0 aliphatic carbocycles. The summed E-state index contributed by atoms with van der Waals surface area (Å²) in [6.07, 6.45) is -4.64. The Morgan fingerprint density at radius 2 is 1.96 bits per heavy atom. The number of hydrogen-bond acceptors (Lipinski definition) is 5. The van der Waals surface area contributed by atoms with Crippen molar-refractivity contribution in [2.45, 2.75) is 13.1 Å². The van der Waals surface area contributed by atoms with E-state index in [0.29, 0.717) is 16.6 Å². The van der Waals surface area contributed by atoms with Crippen LogP contribution in [0.4, 0.5) is 18.3 Å². The van der Waals surface area contributed by atoms with Crippen LogP contribution in [-0.2, 0) is 13.2 Å². The Bertz CT molecular complexity index is 794. The molecule has 0 saturated carbocycles. The highest BCUT2D eigenvalue weighted by atomic mass is 32.1. The Morgan fingerprint density at radius 1 is 1.33 bits per heavy atom. The van der Waals surface area contributed by atoms with E-state index in [0.717, 1.165) is 16.0 Å². The summed E-state index contributed by atoms with van der Waals surface area (Å²) in [5.74, 6) is -1.07. The van der Waals surface area contributed by atoms with Crippen LogP contribution in [0.1, 0.15) is 31.5 Å².